The van der Waals surface area contributed by atoms with Crippen LogP contribution in [0.2, 0.25) is 0 Å². The SMILES string of the molecule is COc1cc(C=C2C(=O)NN(c3ccc(F)cc3)C2=O)ccc1OS(=O)(=O)c1cccc([N+](=O)[O-])c1. The number of anilines is 1. The average molecular weight is 513 g/mol. The highest BCUT2D eigenvalue weighted by molar-refractivity contribution is 7.87. The number of nitrogens with one attached hydrogen (secondary N) is 1. The van der Waals surface area contributed by atoms with E-state index in [1.807, 2.05) is 0 Å². The summed E-state index contributed by atoms with van der Waals surface area (Å²) in [5.41, 5.74) is 2.30. The highest BCUT2D eigenvalue weighted by atomic mass is 32.2. The summed E-state index contributed by atoms with van der Waals surface area (Å²) in [4.78, 5) is 34.9. The Balaban J connectivity index is 1.60. The van der Waals surface area contributed by atoms with E-state index in [0.717, 1.165) is 35.3 Å². The summed E-state index contributed by atoms with van der Waals surface area (Å²) >= 11 is 0. The second-order valence-corrected chi connectivity index (χ2v) is 8.86. The third-order valence-electron chi connectivity index (χ3n) is 4.99. The number of nitro groups is 1. The normalized spacial score (nSPS) is 14.6. The standard InChI is InChI=1S/C23H16FN3O8S/c1-34-21-12-14(11-19-22(28)25-26(23(19)29)16-8-6-15(24)7-9-16)5-10-20(21)35-36(32,33)18-4-2-3-17(13-18)27(30)31/h2-13H,1H3,(H,25,28). The lowest BCUT2D eigenvalue weighted by Gasteiger charge is -2.14. The Labute approximate surface area is 203 Å². The molecular weight excluding hydrogens is 497 g/mol. The Morgan fingerprint density at radius 1 is 1.03 bits per heavy atom. The molecule has 0 aromatic heterocycles. The summed E-state index contributed by atoms with van der Waals surface area (Å²) in [6.07, 6.45) is 1.27. The zero-order valence-electron chi connectivity index (χ0n) is 18.4. The van der Waals surface area contributed by atoms with E-state index >= 15 is 0 Å². The first kappa shape index (κ1) is 24.3. The first-order valence-corrected chi connectivity index (χ1v) is 11.5. The van der Waals surface area contributed by atoms with E-state index in [-0.39, 0.29) is 22.8 Å². The summed E-state index contributed by atoms with van der Waals surface area (Å²) in [5.74, 6) is -2.15. The quantitative estimate of drug-likeness (QED) is 0.167. The van der Waals surface area contributed by atoms with Gasteiger partial charge >= 0.3 is 10.1 Å². The van der Waals surface area contributed by atoms with Crippen molar-refractivity contribution >= 4 is 39.4 Å². The highest BCUT2D eigenvalue weighted by Crippen LogP contribution is 2.32. The van der Waals surface area contributed by atoms with Crippen LogP contribution in [0.4, 0.5) is 15.8 Å². The van der Waals surface area contributed by atoms with E-state index in [1.54, 1.807) is 0 Å². The van der Waals surface area contributed by atoms with Crippen molar-refractivity contribution in [3.63, 3.8) is 0 Å². The molecule has 3 aromatic rings. The number of hydrogen-bond donors (Lipinski definition) is 1. The third-order valence-corrected chi connectivity index (χ3v) is 6.22. The van der Waals surface area contributed by atoms with E-state index < -0.39 is 43.3 Å². The predicted octanol–water partition coefficient (Wildman–Crippen LogP) is 2.97. The number of carbonyl (C=O) groups is 2. The van der Waals surface area contributed by atoms with Gasteiger partial charge in [-0.05, 0) is 54.1 Å². The number of hydrazine groups is 1. The topological polar surface area (TPSA) is 145 Å². The molecule has 2 amide bonds. The molecule has 1 N–H and O–H groups in total. The molecule has 36 heavy (non-hydrogen) atoms. The van der Waals surface area contributed by atoms with E-state index in [9.17, 15) is 32.5 Å². The maximum Gasteiger partial charge on any atom is 0.339 e. The molecule has 1 saturated heterocycles. The number of amides is 2. The lowest BCUT2D eigenvalue weighted by molar-refractivity contribution is -0.385. The smallest absolute Gasteiger partial charge is 0.339 e. The Bertz CT molecular complexity index is 1520. The fourth-order valence-electron chi connectivity index (χ4n) is 3.26. The van der Waals surface area contributed by atoms with E-state index in [1.165, 1.54) is 49.6 Å². The van der Waals surface area contributed by atoms with Gasteiger partial charge in [-0.25, -0.2) is 9.40 Å². The summed E-state index contributed by atoms with van der Waals surface area (Å²) in [7, 11) is -3.19. The molecule has 1 aliphatic rings. The maximum atomic E-state index is 13.2. The van der Waals surface area contributed by atoms with Gasteiger partial charge in [0.2, 0.25) is 0 Å². The van der Waals surface area contributed by atoms with Crippen LogP contribution in [0.1, 0.15) is 5.56 Å². The Morgan fingerprint density at radius 3 is 2.42 bits per heavy atom. The van der Waals surface area contributed by atoms with Crippen molar-refractivity contribution < 1.29 is 36.2 Å². The number of methoxy groups -OCH3 is 1. The largest absolute Gasteiger partial charge is 0.493 e. The van der Waals surface area contributed by atoms with Crippen molar-refractivity contribution in [3.05, 3.63) is 93.8 Å². The molecule has 11 nitrogen and oxygen atoms in total. The van der Waals surface area contributed by atoms with Gasteiger partial charge in [-0.2, -0.15) is 8.42 Å². The number of hydrogen-bond acceptors (Lipinski definition) is 8. The summed E-state index contributed by atoms with van der Waals surface area (Å²) in [6, 6.07) is 13.3. The number of benzene rings is 3. The van der Waals surface area contributed by atoms with E-state index in [4.69, 9.17) is 8.92 Å². The van der Waals surface area contributed by atoms with Gasteiger partial charge in [-0.1, -0.05) is 12.1 Å². The molecule has 1 aliphatic heterocycles. The van der Waals surface area contributed by atoms with Crippen molar-refractivity contribution in [1.29, 1.82) is 0 Å². The van der Waals surface area contributed by atoms with Crippen LogP contribution >= 0.6 is 0 Å². The van der Waals surface area contributed by atoms with Crippen molar-refractivity contribution in [2.45, 2.75) is 4.90 Å². The Morgan fingerprint density at radius 2 is 1.75 bits per heavy atom. The summed E-state index contributed by atoms with van der Waals surface area (Å²) in [6.45, 7) is 0. The minimum atomic E-state index is -4.45. The maximum absolute atomic E-state index is 13.2. The van der Waals surface area contributed by atoms with Crippen LogP contribution in [0.5, 0.6) is 11.5 Å². The Kier molecular flexibility index (Phi) is 6.40. The van der Waals surface area contributed by atoms with Gasteiger partial charge in [-0.3, -0.25) is 25.1 Å². The van der Waals surface area contributed by atoms with Gasteiger partial charge in [0.25, 0.3) is 17.5 Å². The van der Waals surface area contributed by atoms with Gasteiger partial charge in [-0.15, -0.1) is 0 Å². The molecule has 4 rings (SSSR count). The lowest BCUT2D eigenvalue weighted by atomic mass is 10.1. The first-order chi connectivity index (χ1) is 17.1. The summed E-state index contributed by atoms with van der Waals surface area (Å²) < 4.78 is 48.8. The number of rotatable bonds is 7. The molecule has 0 atom stereocenters. The van der Waals surface area contributed by atoms with Crippen molar-refractivity contribution in [2.75, 3.05) is 12.1 Å². The van der Waals surface area contributed by atoms with Crippen molar-refractivity contribution in [1.82, 2.24) is 5.43 Å². The van der Waals surface area contributed by atoms with Crippen molar-refractivity contribution in [2.24, 2.45) is 0 Å². The summed E-state index contributed by atoms with van der Waals surface area (Å²) in [5, 5.41) is 11.9. The average Bonchev–Trinajstić information content (AvgIpc) is 3.13. The minimum Gasteiger partial charge on any atom is -0.493 e. The molecule has 13 heteroatoms. The molecule has 184 valence electrons. The number of halogens is 1. The molecule has 0 bridgehead atoms. The van der Waals surface area contributed by atoms with Crippen LogP contribution in [0.15, 0.2) is 77.2 Å². The second-order valence-electron chi connectivity index (χ2n) is 7.32. The predicted molar refractivity (Wildman–Crippen MR) is 124 cm³/mol. The number of non-ortho nitro benzene ring substituents is 1. The van der Waals surface area contributed by atoms with Crippen LogP contribution in [0.25, 0.3) is 6.08 Å². The van der Waals surface area contributed by atoms with Gasteiger partial charge in [0.1, 0.15) is 16.3 Å². The monoisotopic (exact) mass is 513 g/mol. The molecule has 1 fully saturated rings. The van der Waals surface area contributed by atoms with Crippen LogP contribution in [-0.2, 0) is 19.7 Å². The first-order valence-electron chi connectivity index (χ1n) is 10.1. The van der Waals surface area contributed by atoms with Crippen LogP contribution in [0, 0.1) is 15.9 Å². The third kappa shape index (κ3) is 4.86. The second kappa shape index (κ2) is 9.46. The van der Waals surface area contributed by atoms with Crippen LogP contribution in [0.3, 0.4) is 0 Å². The van der Waals surface area contributed by atoms with Crippen molar-refractivity contribution in [3.8, 4) is 11.5 Å². The lowest BCUT2D eigenvalue weighted by Crippen LogP contribution is -2.35. The van der Waals surface area contributed by atoms with Crippen LogP contribution in [-0.4, -0.2) is 32.3 Å². The van der Waals surface area contributed by atoms with E-state index in [2.05, 4.69) is 5.43 Å². The molecule has 0 aliphatic carbocycles. The zero-order chi connectivity index (χ0) is 26.0. The minimum absolute atomic E-state index is 0.0420. The number of carbonyl (C=O) groups excluding carboxylic acids is 2. The highest BCUT2D eigenvalue weighted by Gasteiger charge is 2.34. The molecule has 0 unspecified atom stereocenters. The molecule has 3 aromatic carbocycles. The van der Waals surface area contributed by atoms with Gasteiger partial charge in [0, 0.05) is 12.1 Å². The molecule has 0 spiro atoms. The van der Waals surface area contributed by atoms with Gasteiger partial charge < -0.3 is 8.92 Å². The molecule has 0 saturated carbocycles. The zero-order valence-corrected chi connectivity index (χ0v) is 19.2. The molecular formula is C23H16FN3O8S. The van der Waals surface area contributed by atoms with Gasteiger partial charge in [0.15, 0.2) is 11.5 Å². The fraction of sp³-hybridized carbons (Fsp3) is 0.0435. The van der Waals surface area contributed by atoms with Gasteiger partial charge in [0.05, 0.1) is 17.7 Å². The molecule has 1 heterocycles. The fourth-order valence-corrected chi connectivity index (χ4v) is 4.24. The number of nitro benzene ring substituents is 1. The number of ether oxygens (including phenoxy) is 1. The van der Waals surface area contributed by atoms with Crippen LogP contribution < -0.4 is 19.4 Å². The molecule has 0 radical (unpaired) electrons. The number of nitrogens with zero attached hydrogens (tertiary/aromatic N) is 2. The van der Waals surface area contributed by atoms with E-state index in [0.29, 0.717) is 5.56 Å². The Hall–Kier alpha value is -4.78.